The maximum Gasteiger partial charge on any atom is 0.124 e. The number of hydrogen-bond acceptors (Lipinski definition) is 1. The van der Waals surface area contributed by atoms with E-state index in [1.807, 2.05) is 37.3 Å². The lowest BCUT2D eigenvalue weighted by molar-refractivity contribution is 0.337. The molecule has 0 aliphatic rings. The molecule has 0 amide bonds. The Bertz CT molecular complexity index is 617. The van der Waals surface area contributed by atoms with Crippen LogP contribution in [-0.2, 0) is 0 Å². The van der Waals surface area contributed by atoms with E-state index >= 15 is 0 Å². The van der Waals surface area contributed by atoms with Crippen molar-refractivity contribution in [1.29, 1.82) is 0 Å². The second kappa shape index (κ2) is 7.17. The summed E-state index contributed by atoms with van der Waals surface area (Å²) in [5.74, 6) is 0.827. The molecule has 1 atom stereocenters. The molecule has 0 aromatic heterocycles. The average molecular weight is 439 g/mol. The SMILES string of the molecule is CCOc1ccc(Br)cc1C(Br)c1cccc(Cl)c1Cl. The van der Waals surface area contributed by atoms with E-state index in [1.165, 1.54) is 0 Å². The van der Waals surface area contributed by atoms with E-state index in [4.69, 9.17) is 27.9 Å². The molecule has 0 aliphatic carbocycles. The highest BCUT2D eigenvalue weighted by atomic mass is 79.9. The van der Waals surface area contributed by atoms with Gasteiger partial charge < -0.3 is 4.74 Å². The van der Waals surface area contributed by atoms with Crippen molar-refractivity contribution in [3.63, 3.8) is 0 Å². The summed E-state index contributed by atoms with van der Waals surface area (Å²) >= 11 is 19.6. The Balaban J connectivity index is 2.49. The van der Waals surface area contributed by atoms with Crippen LogP contribution < -0.4 is 4.74 Å². The first-order valence-electron chi connectivity index (χ1n) is 6.04. The Morgan fingerprint density at radius 1 is 1.15 bits per heavy atom. The zero-order valence-corrected chi connectivity index (χ0v) is 15.4. The molecule has 20 heavy (non-hydrogen) atoms. The quantitative estimate of drug-likeness (QED) is 0.486. The Labute approximate surface area is 145 Å². The zero-order chi connectivity index (χ0) is 14.7. The Kier molecular flexibility index (Phi) is 5.79. The molecule has 2 rings (SSSR count). The molecule has 0 saturated carbocycles. The lowest BCUT2D eigenvalue weighted by atomic mass is 10.0. The molecule has 106 valence electrons. The van der Waals surface area contributed by atoms with Gasteiger partial charge in [0, 0.05) is 10.0 Å². The van der Waals surface area contributed by atoms with Gasteiger partial charge in [0.25, 0.3) is 0 Å². The fraction of sp³-hybridized carbons (Fsp3) is 0.200. The summed E-state index contributed by atoms with van der Waals surface area (Å²) in [4.78, 5) is -0.0900. The van der Waals surface area contributed by atoms with Gasteiger partial charge in [0.15, 0.2) is 0 Å². The smallest absolute Gasteiger partial charge is 0.124 e. The molecule has 0 spiro atoms. The van der Waals surface area contributed by atoms with E-state index in [-0.39, 0.29) is 4.83 Å². The van der Waals surface area contributed by atoms with Crippen LogP contribution >= 0.6 is 55.1 Å². The van der Waals surface area contributed by atoms with Crippen molar-refractivity contribution in [2.24, 2.45) is 0 Å². The van der Waals surface area contributed by atoms with Crippen LogP contribution in [0.2, 0.25) is 10.0 Å². The van der Waals surface area contributed by atoms with E-state index < -0.39 is 0 Å². The first-order chi connectivity index (χ1) is 9.54. The summed E-state index contributed by atoms with van der Waals surface area (Å²) < 4.78 is 6.66. The van der Waals surface area contributed by atoms with Crippen LogP contribution in [0.1, 0.15) is 22.9 Å². The molecule has 5 heteroatoms. The van der Waals surface area contributed by atoms with E-state index in [1.54, 1.807) is 6.07 Å². The highest BCUT2D eigenvalue weighted by Crippen LogP contribution is 2.42. The van der Waals surface area contributed by atoms with Gasteiger partial charge in [-0.25, -0.2) is 0 Å². The molecule has 0 N–H and O–H groups in total. The third-order valence-corrected chi connectivity index (χ3v) is 5.11. The average Bonchev–Trinajstić information content (AvgIpc) is 2.43. The maximum atomic E-state index is 6.29. The Morgan fingerprint density at radius 2 is 1.90 bits per heavy atom. The predicted octanol–water partition coefficient (Wildman–Crippen LogP) is 6.64. The highest BCUT2D eigenvalue weighted by molar-refractivity contribution is 9.10. The van der Waals surface area contributed by atoms with Gasteiger partial charge in [-0.3, -0.25) is 0 Å². The number of rotatable bonds is 4. The number of benzene rings is 2. The van der Waals surface area contributed by atoms with Crippen LogP contribution in [0.15, 0.2) is 40.9 Å². The molecular weight excluding hydrogens is 427 g/mol. The van der Waals surface area contributed by atoms with Gasteiger partial charge in [0.1, 0.15) is 5.75 Å². The summed E-state index contributed by atoms with van der Waals surface area (Å²) in [7, 11) is 0. The largest absolute Gasteiger partial charge is 0.494 e. The van der Waals surface area contributed by atoms with Crippen LogP contribution in [0.5, 0.6) is 5.75 Å². The van der Waals surface area contributed by atoms with Gasteiger partial charge >= 0.3 is 0 Å². The second-order valence-corrected chi connectivity index (χ2v) is 6.74. The summed E-state index contributed by atoms with van der Waals surface area (Å²) in [6.45, 7) is 2.57. The molecule has 2 aromatic carbocycles. The second-order valence-electron chi connectivity index (χ2n) is 4.12. The van der Waals surface area contributed by atoms with Crippen molar-refractivity contribution in [1.82, 2.24) is 0 Å². The fourth-order valence-electron chi connectivity index (χ4n) is 1.89. The van der Waals surface area contributed by atoms with Crippen molar-refractivity contribution in [2.75, 3.05) is 6.61 Å². The van der Waals surface area contributed by atoms with Crippen molar-refractivity contribution < 1.29 is 4.74 Å². The molecule has 1 unspecified atom stereocenters. The lowest BCUT2D eigenvalue weighted by Gasteiger charge is -2.17. The molecule has 2 aromatic rings. The van der Waals surface area contributed by atoms with Crippen molar-refractivity contribution in [3.05, 3.63) is 62.0 Å². The van der Waals surface area contributed by atoms with E-state index in [2.05, 4.69) is 31.9 Å². The van der Waals surface area contributed by atoms with Crippen LogP contribution in [0.3, 0.4) is 0 Å². The molecular formula is C15H12Br2Cl2O. The van der Waals surface area contributed by atoms with Gasteiger partial charge in [0.05, 0.1) is 21.5 Å². The molecule has 1 nitrogen and oxygen atoms in total. The minimum atomic E-state index is -0.0900. The first kappa shape index (κ1) is 16.2. The van der Waals surface area contributed by atoms with Crippen LogP contribution in [0, 0.1) is 0 Å². The van der Waals surface area contributed by atoms with Crippen molar-refractivity contribution in [3.8, 4) is 5.75 Å². The summed E-state index contributed by atoms with van der Waals surface area (Å²) in [6.07, 6.45) is 0. The predicted molar refractivity (Wildman–Crippen MR) is 92.5 cm³/mol. The van der Waals surface area contributed by atoms with Crippen LogP contribution in [-0.4, -0.2) is 6.61 Å². The maximum absolute atomic E-state index is 6.29. The fourth-order valence-corrected chi connectivity index (χ4v) is 3.55. The van der Waals surface area contributed by atoms with Crippen molar-refractivity contribution in [2.45, 2.75) is 11.8 Å². The normalized spacial score (nSPS) is 12.2. The standard InChI is InChI=1S/C15H12Br2Cl2O/c1-2-20-13-7-6-9(16)8-11(13)14(17)10-4-3-5-12(18)15(10)19/h3-8,14H,2H2,1H3. The first-order valence-corrected chi connectivity index (χ1v) is 8.51. The number of halogens is 4. The number of hydrogen-bond donors (Lipinski definition) is 0. The topological polar surface area (TPSA) is 9.23 Å². The Morgan fingerprint density at radius 3 is 2.60 bits per heavy atom. The molecule has 0 bridgehead atoms. The van der Waals surface area contributed by atoms with Gasteiger partial charge in [-0.1, -0.05) is 67.2 Å². The summed E-state index contributed by atoms with van der Waals surface area (Å²) in [5.41, 5.74) is 1.92. The number of ether oxygens (including phenoxy) is 1. The summed E-state index contributed by atoms with van der Waals surface area (Å²) in [5, 5.41) is 1.10. The summed E-state index contributed by atoms with van der Waals surface area (Å²) in [6, 6.07) is 11.5. The van der Waals surface area contributed by atoms with Crippen molar-refractivity contribution >= 4 is 55.1 Å². The van der Waals surface area contributed by atoms with Gasteiger partial charge in [-0.15, -0.1) is 0 Å². The van der Waals surface area contributed by atoms with Gasteiger partial charge in [-0.2, -0.15) is 0 Å². The van der Waals surface area contributed by atoms with E-state index in [9.17, 15) is 0 Å². The van der Waals surface area contributed by atoms with Crippen LogP contribution in [0.25, 0.3) is 0 Å². The minimum absolute atomic E-state index is 0.0900. The van der Waals surface area contributed by atoms with Gasteiger partial charge in [-0.05, 0) is 36.8 Å². The molecule has 0 saturated heterocycles. The third kappa shape index (κ3) is 3.51. The lowest BCUT2D eigenvalue weighted by Crippen LogP contribution is -2.00. The van der Waals surface area contributed by atoms with E-state index in [0.29, 0.717) is 16.7 Å². The molecule has 0 aliphatic heterocycles. The Hall–Kier alpha value is -0.220. The van der Waals surface area contributed by atoms with Crippen LogP contribution in [0.4, 0.5) is 0 Å². The third-order valence-electron chi connectivity index (χ3n) is 2.80. The van der Waals surface area contributed by atoms with E-state index in [0.717, 1.165) is 21.3 Å². The molecule has 0 heterocycles. The minimum Gasteiger partial charge on any atom is -0.494 e. The monoisotopic (exact) mass is 436 g/mol. The molecule has 0 radical (unpaired) electrons. The highest BCUT2D eigenvalue weighted by Gasteiger charge is 2.19. The number of alkyl halides is 1. The zero-order valence-electron chi connectivity index (χ0n) is 10.7. The van der Waals surface area contributed by atoms with Gasteiger partial charge in [0.2, 0.25) is 0 Å². The molecule has 0 fully saturated rings.